The van der Waals surface area contributed by atoms with Crippen molar-refractivity contribution in [3.8, 4) is 0 Å². The second-order valence-corrected chi connectivity index (χ2v) is 3.57. The molecule has 1 N–H and O–H groups in total. The Morgan fingerprint density at radius 2 is 1.93 bits per heavy atom. The molecule has 0 spiro atoms. The lowest BCUT2D eigenvalue weighted by atomic mass is 9.95. The van der Waals surface area contributed by atoms with E-state index < -0.39 is 12.1 Å². The van der Waals surface area contributed by atoms with E-state index in [-0.39, 0.29) is 12.0 Å². The van der Waals surface area contributed by atoms with E-state index in [1.165, 1.54) is 0 Å². The average molecular weight is 192 g/mol. The van der Waals surface area contributed by atoms with Crippen LogP contribution in [0, 0.1) is 5.92 Å². The summed E-state index contributed by atoms with van der Waals surface area (Å²) in [6.45, 7) is 1.81. The van der Waals surface area contributed by atoms with Gasteiger partial charge in [-0.1, -0.05) is 37.3 Å². The molecule has 1 heterocycles. The molecular weight excluding hydrogens is 180 g/mol. The summed E-state index contributed by atoms with van der Waals surface area (Å²) in [6, 6.07) is 9.47. The van der Waals surface area contributed by atoms with Gasteiger partial charge in [0, 0.05) is 5.92 Å². The summed E-state index contributed by atoms with van der Waals surface area (Å²) in [5.74, 6) is -0.698. The Morgan fingerprint density at radius 1 is 1.29 bits per heavy atom. The van der Waals surface area contributed by atoms with Crippen molar-refractivity contribution < 1.29 is 14.6 Å². The first-order valence-electron chi connectivity index (χ1n) is 4.63. The van der Waals surface area contributed by atoms with Crippen LogP contribution in [0.15, 0.2) is 30.3 Å². The second kappa shape index (κ2) is 3.42. The van der Waals surface area contributed by atoms with Crippen LogP contribution in [0.2, 0.25) is 0 Å². The molecule has 0 aliphatic carbocycles. The highest BCUT2D eigenvalue weighted by Gasteiger charge is 2.41. The van der Waals surface area contributed by atoms with Crippen molar-refractivity contribution in [3.63, 3.8) is 0 Å². The molecule has 1 saturated heterocycles. The number of cyclic esters (lactones) is 1. The topological polar surface area (TPSA) is 46.5 Å². The molecule has 1 unspecified atom stereocenters. The van der Waals surface area contributed by atoms with Crippen molar-refractivity contribution in [1.29, 1.82) is 0 Å². The van der Waals surface area contributed by atoms with E-state index in [2.05, 4.69) is 0 Å². The minimum atomic E-state index is -0.986. The van der Waals surface area contributed by atoms with Crippen LogP contribution in [0.1, 0.15) is 18.6 Å². The van der Waals surface area contributed by atoms with Crippen LogP contribution in [0.4, 0.5) is 0 Å². The van der Waals surface area contributed by atoms with Crippen LogP contribution in [0.5, 0.6) is 0 Å². The second-order valence-electron chi connectivity index (χ2n) is 3.57. The third-order valence-electron chi connectivity index (χ3n) is 2.59. The van der Waals surface area contributed by atoms with Gasteiger partial charge in [-0.2, -0.15) is 0 Å². The van der Waals surface area contributed by atoms with Gasteiger partial charge < -0.3 is 9.84 Å². The molecule has 1 aliphatic heterocycles. The summed E-state index contributed by atoms with van der Waals surface area (Å²) in [7, 11) is 0. The number of carbonyl (C=O) groups is 1. The van der Waals surface area contributed by atoms with Crippen LogP contribution >= 0.6 is 0 Å². The van der Waals surface area contributed by atoms with Crippen molar-refractivity contribution in [2.24, 2.45) is 5.92 Å². The van der Waals surface area contributed by atoms with Gasteiger partial charge >= 0.3 is 5.97 Å². The van der Waals surface area contributed by atoms with Crippen molar-refractivity contribution in [2.75, 3.05) is 0 Å². The first kappa shape index (κ1) is 9.21. The molecule has 1 aromatic carbocycles. The normalized spacial score (nSPS) is 31.6. The molecule has 3 nitrogen and oxygen atoms in total. The number of hydrogen-bond acceptors (Lipinski definition) is 3. The van der Waals surface area contributed by atoms with Gasteiger partial charge in [-0.15, -0.1) is 0 Å². The van der Waals surface area contributed by atoms with Crippen molar-refractivity contribution in [2.45, 2.75) is 19.1 Å². The summed E-state index contributed by atoms with van der Waals surface area (Å²) < 4.78 is 5.08. The quantitative estimate of drug-likeness (QED) is 0.682. The summed E-state index contributed by atoms with van der Waals surface area (Å²) in [4.78, 5) is 11.1. The molecule has 0 aromatic heterocycles. The maximum atomic E-state index is 11.1. The van der Waals surface area contributed by atoms with E-state index >= 15 is 0 Å². The molecular formula is C11H12O3. The largest absolute Gasteiger partial charge is 0.455 e. The zero-order valence-corrected chi connectivity index (χ0v) is 7.88. The SMILES string of the molecule is CC1[C@H](O)C(=O)O[C@@H]1c1ccccc1. The van der Waals surface area contributed by atoms with Crippen LogP contribution in [0.25, 0.3) is 0 Å². The van der Waals surface area contributed by atoms with Crippen molar-refractivity contribution >= 4 is 5.97 Å². The molecule has 1 aromatic rings. The van der Waals surface area contributed by atoms with Gasteiger partial charge in [-0.05, 0) is 5.56 Å². The Kier molecular flexibility index (Phi) is 2.25. The lowest BCUT2D eigenvalue weighted by Gasteiger charge is -2.14. The molecule has 3 heteroatoms. The Labute approximate surface area is 82.3 Å². The number of rotatable bonds is 1. The van der Waals surface area contributed by atoms with E-state index in [1.54, 1.807) is 0 Å². The third kappa shape index (κ3) is 1.40. The van der Waals surface area contributed by atoms with Crippen LogP contribution in [-0.2, 0) is 9.53 Å². The van der Waals surface area contributed by atoms with Crippen molar-refractivity contribution in [1.82, 2.24) is 0 Å². The maximum absolute atomic E-state index is 11.1. The van der Waals surface area contributed by atoms with Gasteiger partial charge in [0.25, 0.3) is 0 Å². The summed E-state index contributed by atoms with van der Waals surface area (Å²) in [5, 5.41) is 9.42. The van der Waals surface area contributed by atoms with E-state index in [9.17, 15) is 9.90 Å². The minimum absolute atomic E-state index is 0.176. The molecule has 2 rings (SSSR count). The summed E-state index contributed by atoms with van der Waals surface area (Å²) >= 11 is 0. The fourth-order valence-corrected chi connectivity index (χ4v) is 1.70. The minimum Gasteiger partial charge on any atom is -0.455 e. The Balaban J connectivity index is 2.26. The molecule has 1 fully saturated rings. The zero-order valence-electron chi connectivity index (χ0n) is 7.88. The lowest BCUT2D eigenvalue weighted by Crippen LogP contribution is -2.19. The fourth-order valence-electron chi connectivity index (χ4n) is 1.70. The molecule has 0 amide bonds. The number of esters is 1. The standard InChI is InChI=1S/C11H12O3/c1-7-9(12)11(13)14-10(7)8-5-3-2-4-6-8/h2-7,9-10,12H,1H3/t7?,9-,10-/m0/s1. The maximum Gasteiger partial charge on any atom is 0.336 e. The van der Waals surface area contributed by atoms with Gasteiger partial charge in [0.2, 0.25) is 0 Å². The molecule has 14 heavy (non-hydrogen) atoms. The monoisotopic (exact) mass is 192 g/mol. The lowest BCUT2D eigenvalue weighted by molar-refractivity contribution is -0.147. The molecule has 1 aliphatic rings. The number of carbonyl (C=O) groups excluding carboxylic acids is 1. The Bertz CT molecular complexity index is 334. The molecule has 0 radical (unpaired) electrons. The molecule has 0 bridgehead atoms. The van der Waals surface area contributed by atoms with Gasteiger partial charge in [0.15, 0.2) is 6.10 Å². The first-order valence-corrected chi connectivity index (χ1v) is 4.63. The van der Waals surface area contributed by atoms with E-state index in [4.69, 9.17) is 4.74 Å². The van der Waals surface area contributed by atoms with E-state index in [0.717, 1.165) is 5.56 Å². The van der Waals surface area contributed by atoms with E-state index in [0.29, 0.717) is 0 Å². The number of ether oxygens (including phenoxy) is 1. The highest BCUT2D eigenvalue weighted by molar-refractivity contribution is 5.77. The number of aliphatic hydroxyl groups excluding tert-OH is 1. The predicted octanol–water partition coefficient (Wildman–Crippen LogP) is 1.28. The van der Waals surface area contributed by atoms with Crippen LogP contribution in [-0.4, -0.2) is 17.2 Å². The molecule has 0 saturated carbocycles. The zero-order chi connectivity index (χ0) is 10.1. The smallest absolute Gasteiger partial charge is 0.336 e. The highest BCUT2D eigenvalue weighted by atomic mass is 16.6. The Morgan fingerprint density at radius 3 is 2.43 bits per heavy atom. The highest BCUT2D eigenvalue weighted by Crippen LogP contribution is 2.34. The van der Waals surface area contributed by atoms with Gasteiger partial charge in [0.05, 0.1) is 0 Å². The number of aliphatic hydroxyl groups is 1. The summed E-state index contributed by atoms with van der Waals surface area (Å²) in [5.41, 5.74) is 0.935. The van der Waals surface area contributed by atoms with Crippen molar-refractivity contribution in [3.05, 3.63) is 35.9 Å². The number of hydrogen-bond donors (Lipinski definition) is 1. The fraction of sp³-hybridized carbons (Fsp3) is 0.364. The molecule has 3 atom stereocenters. The third-order valence-corrected chi connectivity index (χ3v) is 2.59. The van der Waals surface area contributed by atoms with Crippen LogP contribution < -0.4 is 0 Å². The summed E-state index contributed by atoms with van der Waals surface area (Å²) in [6.07, 6.45) is -1.29. The predicted molar refractivity (Wildman–Crippen MR) is 50.4 cm³/mol. The molecule has 74 valence electrons. The average Bonchev–Trinajstić information content (AvgIpc) is 2.47. The first-order chi connectivity index (χ1) is 6.70. The van der Waals surface area contributed by atoms with Gasteiger partial charge in [-0.3, -0.25) is 0 Å². The Hall–Kier alpha value is -1.35. The van der Waals surface area contributed by atoms with E-state index in [1.807, 2.05) is 37.3 Å². The van der Waals surface area contributed by atoms with Gasteiger partial charge in [0.1, 0.15) is 6.10 Å². The van der Waals surface area contributed by atoms with Crippen LogP contribution in [0.3, 0.4) is 0 Å². The van der Waals surface area contributed by atoms with Gasteiger partial charge in [-0.25, -0.2) is 4.79 Å². The number of benzene rings is 1.